The first-order chi connectivity index (χ1) is 15.3. The molecule has 2 rings (SSSR count). The Morgan fingerprint density at radius 2 is 1.61 bits per heavy atom. The summed E-state index contributed by atoms with van der Waals surface area (Å²) in [5.41, 5.74) is 2.08. The van der Waals surface area contributed by atoms with Crippen molar-refractivity contribution < 1.29 is 18.0 Å². The van der Waals surface area contributed by atoms with E-state index in [9.17, 15) is 18.0 Å². The molecule has 0 aliphatic rings. The molecule has 2 aromatic carbocycles. The van der Waals surface area contributed by atoms with Gasteiger partial charge in [0.25, 0.3) is 0 Å². The van der Waals surface area contributed by atoms with Crippen LogP contribution in [-0.4, -0.2) is 50.0 Å². The molecule has 180 valence electrons. The molecule has 0 unspecified atom stereocenters. The van der Waals surface area contributed by atoms with Crippen LogP contribution in [0.3, 0.4) is 0 Å². The summed E-state index contributed by atoms with van der Waals surface area (Å²) >= 11 is 12.0. The first-order valence-corrected chi connectivity index (χ1v) is 13.0. The molecule has 0 heterocycles. The van der Waals surface area contributed by atoms with Gasteiger partial charge in [-0.05, 0) is 51.5 Å². The van der Waals surface area contributed by atoms with E-state index in [0.29, 0.717) is 0 Å². The van der Waals surface area contributed by atoms with Gasteiger partial charge >= 0.3 is 0 Å². The van der Waals surface area contributed by atoms with Crippen LogP contribution in [0.4, 0.5) is 5.69 Å². The Balaban J connectivity index is 2.40. The lowest BCUT2D eigenvalue weighted by atomic mass is 10.1. The zero-order chi connectivity index (χ0) is 24.9. The fraction of sp³-hybridized carbons (Fsp3) is 0.391. The van der Waals surface area contributed by atoms with Crippen molar-refractivity contribution in [2.24, 2.45) is 0 Å². The van der Waals surface area contributed by atoms with Crippen LogP contribution in [-0.2, 0) is 26.2 Å². The van der Waals surface area contributed by atoms with Crippen molar-refractivity contribution in [3.63, 3.8) is 0 Å². The van der Waals surface area contributed by atoms with Crippen molar-refractivity contribution in [1.29, 1.82) is 0 Å². The standard InChI is InChI=1S/C23H29Cl2N3O4S/c1-15(2)26-23(30)17(4)27(13-18-8-6-16(3)7-9-18)22(29)14-28(33(5,31)32)19-10-11-20(24)21(25)12-19/h6-12,15,17H,13-14H2,1-5H3,(H,26,30)/t17-/m1/s1. The average molecular weight is 514 g/mol. The van der Waals surface area contributed by atoms with Gasteiger partial charge in [-0.25, -0.2) is 8.42 Å². The first kappa shape index (κ1) is 27.0. The van der Waals surface area contributed by atoms with Gasteiger partial charge in [0.15, 0.2) is 0 Å². The van der Waals surface area contributed by atoms with E-state index in [1.807, 2.05) is 45.0 Å². The van der Waals surface area contributed by atoms with Gasteiger partial charge in [-0.2, -0.15) is 0 Å². The maximum atomic E-state index is 13.4. The van der Waals surface area contributed by atoms with E-state index in [1.54, 1.807) is 6.92 Å². The second kappa shape index (κ2) is 11.2. The number of halogens is 2. The Morgan fingerprint density at radius 1 is 1.00 bits per heavy atom. The Labute approximate surface area is 205 Å². The van der Waals surface area contributed by atoms with E-state index in [2.05, 4.69) is 5.32 Å². The fourth-order valence-electron chi connectivity index (χ4n) is 3.13. The minimum Gasteiger partial charge on any atom is -0.352 e. The molecule has 0 fully saturated rings. The summed E-state index contributed by atoms with van der Waals surface area (Å²) in [6, 6.07) is 11.0. The minimum absolute atomic E-state index is 0.111. The van der Waals surface area contributed by atoms with Gasteiger partial charge < -0.3 is 10.2 Å². The fourth-order valence-corrected chi connectivity index (χ4v) is 4.27. The summed E-state index contributed by atoms with van der Waals surface area (Å²) in [5.74, 6) is -0.857. The SMILES string of the molecule is Cc1ccc(CN(C(=O)CN(c2ccc(Cl)c(Cl)c2)S(C)(=O)=O)[C@H](C)C(=O)NC(C)C)cc1. The Morgan fingerprint density at radius 3 is 2.12 bits per heavy atom. The van der Waals surface area contributed by atoms with Crippen molar-refractivity contribution in [3.05, 3.63) is 63.6 Å². The van der Waals surface area contributed by atoms with Crippen LogP contribution >= 0.6 is 23.2 Å². The van der Waals surface area contributed by atoms with Crippen LogP contribution in [0.2, 0.25) is 10.0 Å². The lowest BCUT2D eigenvalue weighted by molar-refractivity contribution is -0.139. The molecule has 0 bridgehead atoms. The van der Waals surface area contributed by atoms with Crippen LogP contribution in [0, 0.1) is 6.92 Å². The van der Waals surface area contributed by atoms with Gasteiger partial charge in [-0.15, -0.1) is 0 Å². The maximum Gasteiger partial charge on any atom is 0.244 e. The van der Waals surface area contributed by atoms with Gasteiger partial charge in [0.2, 0.25) is 21.8 Å². The number of sulfonamides is 1. The van der Waals surface area contributed by atoms with E-state index in [-0.39, 0.29) is 34.2 Å². The summed E-state index contributed by atoms with van der Waals surface area (Å²) in [5, 5.41) is 3.23. The molecule has 0 saturated carbocycles. The first-order valence-electron chi connectivity index (χ1n) is 10.4. The molecule has 0 aromatic heterocycles. The topological polar surface area (TPSA) is 86.8 Å². The van der Waals surface area contributed by atoms with Crippen LogP contribution in [0.15, 0.2) is 42.5 Å². The highest BCUT2D eigenvalue weighted by Crippen LogP contribution is 2.28. The van der Waals surface area contributed by atoms with Gasteiger partial charge in [0.1, 0.15) is 12.6 Å². The number of aryl methyl sites for hydroxylation is 1. The number of benzene rings is 2. The monoisotopic (exact) mass is 513 g/mol. The summed E-state index contributed by atoms with van der Waals surface area (Å²) in [6.45, 7) is 6.87. The predicted octanol–water partition coefficient (Wildman–Crippen LogP) is 4.01. The number of nitrogens with one attached hydrogen (secondary N) is 1. The molecular weight excluding hydrogens is 485 g/mol. The molecule has 2 aromatic rings. The number of hydrogen-bond acceptors (Lipinski definition) is 4. The van der Waals surface area contributed by atoms with Gasteiger partial charge in [-0.1, -0.05) is 53.0 Å². The van der Waals surface area contributed by atoms with Crippen molar-refractivity contribution in [2.75, 3.05) is 17.1 Å². The summed E-state index contributed by atoms with van der Waals surface area (Å²) in [7, 11) is -3.84. The summed E-state index contributed by atoms with van der Waals surface area (Å²) in [4.78, 5) is 27.5. The molecule has 0 radical (unpaired) electrons. The molecule has 7 nitrogen and oxygen atoms in total. The lowest BCUT2D eigenvalue weighted by Crippen LogP contribution is -2.52. The third kappa shape index (κ3) is 7.62. The molecule has 0 aliphatic carbocycles. The molecule has 33 heavy (non-hydrogen) atoms. The number of hydrogen-bond donors (Lipinski definition) is 1. The second-order valence-electron chi connectivity index (χ2n) is 8.21. The zero-order valence-electron chi connectivity index (χ0n) is 19.3. The smallest absolute Gasteiger partial charge is 0.244 e. The molecule has 1 N–H and O–H groups in total. The normalized spacial score (nSPS) is 12.4. The van der Waals surface area contributed by atoms with E-state index in [1.165, 1.54) is 23.1 Å². The van der Waals surface area contributed by atoms with Crippen molar-refractivity contribution in [2.45, 2.75) is 46.3 Å². The largest absolute Gasteiger partial charge is 0.352 e. The highest BCUT2D eigenvalue weighted by molar-refractivity contribution is 7.92. The number of anilines is 1. The molecule has 10 heteroatoms. The van der Waals surface area contributed by atoms with E-state index < -0.39 is 28.5 Å². The summed E-state index contributed by atoms with van der Waals surface area (Å²) in [6.07, 6.45) is 1.00. The predicted molar refractivity (Wildman–Crippen MR) is 133 cm³/mol. The Kier molecular flexibility index (Phi) is 9.17. The van der Waals surface area contributed by atoms with E-state index in [4.69, 9.17) is 23.2 Å². The number of nitrogens with zero attached hydrogens (tertiary/aromatic N) is 2. The molecule has 0 aliphatic heterocycles. The van der Waals surface area contributed by atoms with Crippen LogP contribution in [0.5, 0.6) is 0 Å². The Bertz CT molecular complexity index is 1110. The van der Waals surface area contributed by atoms with Gasteiger partial charge in [-0.3, -0.25) is 13.9 Å². The van der Waals surface area contributed by atoms with Crippen molar-refractivity contribution >= 4 is 50.7 Å². The zero-order valence-corrected chi connectivity index (χ0v) is 21.6. The molecular formula is C23H29Cl2N3O4S. The third-order valence-corrected chi connectivity index (χ3v) is 6.82. The molecule has 0 saturated heterocycles. The maximum absolute atomic E-state index is 13.4. The van der Waals surface area contributed by atoms with Crippen molar-refractivity contribution in [3.8, 4) is 0 Å². The highest BCUT2D eigenvalue weighted by Gasteiger charge is 2.30. The van der Waals surface area contributed by atoms with Crippen LogP contribution < -0.4 is 9.62 Å². The summed E-state index contributed by atoms with van der Waals surface area (Å²) < 4.78 is 26.0. The number of amides is 2. The van der Waals surface area contributed by atoms with E-state index in [0.717, 1.165) is 21.7 Å². The van der Waals surface area contributed by atoms with E-state index >= 15 is 0 Å². The van der Waals surface area contributed by atoms with Crippen molar-refractivity contribution in [1.82, 2.24) is 10.2 Å². The number of carbonyl (C=O) groups is 2. The molecule has 2 amide bonds. The second-order valence-corrected chi connectivity index (χ2v) is 10.9. The number of carbonyl (C=O) groups excluding carboxylic acids is 2. The molecule has 1 atom stereocenters. The quantitative estimate of drug-likeness (QED) is 0.548. The Hall–Kier alpha value is -2.29. The highest BCUT2D eigenvalue weighted by atomic mass is 35.5. The van der Waals surface area contributed by atoms with Crippen LogP contribution in [0.1, 0.15) is 31.9 Å². The minimum atomic E-state index is -3.84. The molecule has 0 spiro atoms. The number of rotatable bonds is 9. The van der Waals surface area contributed by atoms with Gasteiger partial charge in [0, 0.05) is 12.6 Å². The third-order valence-electron chi connectivity index (χ3n) is 4.94. The lowest BCUT2D eigenvalue weighted by Gasteiger charge is -2.32. The van der Waals surface area contributed by atoms with Gasteiger partial charge in [0.05, 0.1) is 22.0 Å². The average Bonchev–Trinajstić information content (AvgIpc) is 2.71. The van der Waals surface area contributed by atoms with Crippen LogP contribution in [0.25, 0.3) is 0 Å².